The number of carbonyl (C=O) groups excluding carboxylic acids is 2. The predicted octanol–water partition coefficient (Wildman–Crippen LogP) is 2.17. The van der Waals surface area contributed by atoms with Crippen LogP contribution in [-0.4, -0.2) is 67.0 Å². The molecule has 0 aromatic heterocycles. The smallest absolute Gasteiger partial charge is 0.237 e. The summed E-state index contributed by atoms with van der Waals surface area (Å²) in [5.41, 5.74) is 1.16. The van der Waals surface area contributed by atoms with E-state index in [0.717, 1.165) is 24.9 Å². The molecule has 0 saturated carbocycles. The van der Waals surface area contributed by atoms with Gasteiger partial charge in [-0.05, 0) is 35.2 Å². The van der Waals surface area contributed by atoms with E-state index in [-0.39, 0.29) is 24.3 Å². The first kappa shape index (κ1) is 19.9. The van der Waals surface area contributed by atoms with Crippen LogP contribution in [0, 0.1) is 0 Å². The third-order valence-electron chi connectivity index (χ3n) is 6.14. The van der Waals surface area contributed by atoms with Crippen LogP contribution in [0.5, 0.6) is 0 Å². The van der Waals surface area contributed by atoms with Gasteiger partial charge in [0.05, 0.1) is 12.5 Å². The first-order valence-electron chi connectivity index (χ1n) is 10.4. The third-order valence-corrected chi connectivity index (χ3v) is 6.14. The van der Waals surface area contributed by atoms with Crippen LogP contribution in [-0.2, 0) is 20.9 Å². The highest BCUT2D eigenvalue weighted by molar-refractivity contribution is 5.89. The SMILES string of the molecule is CN(C(=O)C[C@@H]1C(=O)NCCN1Cc1ccc2ccccc2c1)C1CCOCC1. The molecule has 29 heavy (non-hydrogen) atoms. The van der Waals surface area contributed by atoms with E-state index in [1.54, 1.807) is 0 Å². The van der Waals surface area contributed by atoms with E-state index in [1.807, 2.05) is 24.1 Å². The second-order valence-corrected chi connectivity index (χ2v) is 8.01. The fourth-order valence-electron chi connectivity index (χ4n) is 4.33. The Bertz CT molecular complexity index is 879. The molecule has 0 unspecified atom stereocenters. The molecule has 1 N–H and O–H groups in total. The minimum absolute atomic E-state index is 0.0301. The summed E-state index contributed by atoms with van der Waals surface area (Å²) >= 11 is 0. The molecule has 6 nitrogen and oxygen atoms in total. The molecule has 0 spiro atoms. The van der Waals surface area contributed by atoms with Crippen LogP contribution in [0.15, 0.2) is 42.5 Å². The van der Waals surface area contributed by atoms with Gasteiger partial charge in [0.2, 0.25) is 11.8 Å². The number of hydrogen-bond acceptors (Lipinski definition) is 4. The molecule has 2 aromatic rings. The second-order valence-electron chi connectivity index (χ2n) is 8.01. The Morgan fingerprint density at radius 3 is 2.72 bits per heavy atom. The normalized spacial score (nSPS) is 21.1. The summed E-state index contributed by atoms with van der Waals surface area (Å²) < 4.78 is 5.40. The van der Waals surface area contributed by atoms with Gasteiger partial charge in [0.1, 0.15) is 0 Å². The Morgan fingerprint density at radius 2 is 1.93 bits per heavy atom. The highest BCUT2D eigenvalue weighted by atomic mass is 16.5. The van der Waals surface area contributed by atoms with E-state index < -0.39 is 6.04 Å². The largest absolute Gasteiger partial charge is 0.381 e. The Hall–Kier alpha value is -2.44. The standard InChI is InChI=1S/C23H29N3O3/c1-25(20-8-12-29-13-9-20)22(27)15-21-23(28)24-10-11-26(21)16-17-6-7-18-4-2-3-5-19(18)14-17/h2-7,14,20-21H,8-13,15-16H2,1H3,(H,24,28)/t21-/m1/s1. The molecule has 2 amide bonds. The summed E-state index contributed by atoms with van der Waals surface area (Å²) in [4.78, 5) is 29.5. The van der Waals surface area contributed by atoms with Crippen molar-refractivity contribution in [3.63, 3.8) is 0 Å². The van der Waals surface area contributed by atoms with Crippen LogP contribution >= 0.6 is 0 Å². The zero-order valence-electron chi connectivity index (χ0n) is 17.0. The molecule has 0 bridgehead atoms. The van der Waals surface area contributed by atoms with Gasteiger partial charge >= 0.3 is 0 Å². The van der Waals surface area contributed by atoms with E-state index in [2.05, 4.69) is 40.5 Å². The lowest BCUT2D eigenvalue weighted by Gasteiger charge is -2.37. The lowest BCUT2D eigenvalue weighted by molar-refractivity contribution is -0.140. The van der Waals surface area contributed by atoms with Gasteiger partial charge in [-0.2, -0.15) is 0 Å². The molecule has 6 heteroatoms. The van der Waals surface area contributed by atoms with Gasteiger partial charge in [-0.15, -0.1) is 0 Å². The fraction of sp³-hybridized carbons (Fsp3) is 0.478. The monoisotopic (exact) mass is 395 g/mol. The van der Waals surface area contributed by atoms with Gasteiger partial charge in [-0.3, -0.25) is 14.5 Å². The zero-order valence-corrected chi connectivity index (χ0v) is 17.0. The van der Waals surface area contributed by atoms with Crippen molar-refractivity contribution >= 4 is 22.6 Å². The van der Waals surface area contributed by atoms with Gasteiger partial charge in [0, 0.05) is 45.9 Å². The van der Waals surface area contributed by atoms with Crippen molar-refractivity contribution in [3.05, 3.63) is 48.0 Å². The number of carbonyl (C=O) groups is 2. The lowest BCUT2D eigenvalue weighted by Crippen LogP contribution is -2.56. The van der Waals surface area contributed by atoms with E-state index in [9.17, 15) is 9.59 Å². The summed E-state index contributed by atoms with van der Waals surface area (Å²) in [5.74, 6) is -0.0202. The highest BCUT2D eigenvalue weighted by Gasteiger charge is 2.33. The molecule has 4 rings (SSSR count). The molecule has 2 saturated heterocycles. The number of fused-ring (bicyclic) bond motifs is 1. The lowest BCUT2D eigenvalue weighted by atomic mass is 10.0. The second kappa shape index (κ2) is 8.93. The topological polar surface area (TPSA) is 61.9 Å². The number of nitrogens with one attached hydrogen (secondary N) is 1. The van der Waals surface area contributed by atoms with Crippen molar-refractivity contribution in [2.24, 2.45) is 0 Å². The molecule has 1 atom stereocenters. The number of benzene rings is 2. The molecule has 2 heterocycles. The highest BCUT2D eigenvalue weighted by Crippen LogP contribution is 2.21. The number of piperazine rings is 1. The molecule has 2 fully saturated rings. The molecule has 0 aliphatic carbocycles. The van der Waals surface area contributed by atoms with E-state index in [1.165, 1.54) is 10.8 Å². The molecule has 154 valence electrons. The van der Waals surface area contributed by atoms with Crippen LogP contribution in [0.1, 0.15) is 24.8 Å². The predicted molar refractivity (Wildman–Crippen MR) is 112 cm³/mol. The Labute approximate surface area is 171 Å². The molecule has 0 radical (unpaired) electrons. The molecule has 2 aliphatic rings. The number of amides is 2. The summed E-state index contributed by atoms with van der Waals surface area (Å²) in [6.07, 6.45) is 1.94. The maximum atomic E-state index is 12.9. The quantitative estimate of drug-likeness (QED) is 0.843. The minimum Gasteiger partial charge on any atom is -0.381 e. The van der Waals surface area contributed by atoms with Crippen molar-refractivity contribution < 1.29 is 14.3 Å². The van der Waals surface area contributed by atoms with Crippen LogP contribution in [0.4, 0.5) is 0 Å². The number of hydrogen-bond donors (Lipinski definition) is 1. The van der Waals surface area contributed by atoms with E-state index >= 15 is 0 Å². The van der Waals surface area contributed by atoms with Gasteiger partial charge < -0.3 is 15.0 Å². The van der Waals surface area contributed by atoms with Crippen molar-refractivity contribution in [1.82, 2.24) is 15.1 Å². The summed E-state index contributed by atoms with van der Waals surface area (Å²) in [6.45, 7) is 3.42. The van der Waals surface area contributed by atoms with Gasteiger partial charge in [-0.25, -0.2) is 0 Å². The maximum absolute atomic E-state index is 12.9. The Balaban J connectivity index is 1.46. The number of rotatable bonds is 5. The number of ether oxygens (including phenoxy) is 1. The van der Waals surface area contributed by atoms with Gasteiger partial charge in [0.25, 0.3) is 0 Å². The van der Waals surface area contributed by atoms with Crippen molar-refractivity contribution in [3.8, 4) is 0 Å². The average Bonchev–Trinajstić information content (AvgIpc) is 2.76. The minimum atomic E-state index is -0.426. The van der Waals surface area contributed by atoms with Crippen LogP contribution in [0.2, 0.25) is 0 Å². The summed E-state index contributed by atoms with van der Waals surface area (Å²) in [7, 11) is 1.85. The Morgan fingerprint density at radius 1 is 1.17 bits per heavy atom. The summed E-state index contributed by atoms with van der Waals surface area (Å²) in [6, 6.07) is 14.5. The van der Waals surface area contributed by atoms with Crippen molar-refractivity contribution in [1.29, 1.82) is 0 Å². The van der Waals surface area contributed by atoms with Crippen LogP contribution < -0.4 is 5.32 Å². The van der Waals surface area contributed by atoms with E-state index in [0.29, 0.717) is 26.3 Å². The molecule has 2 aliphatic heterocycles. The van der Waals surface area contributed by atoms with Crippen molar-refractivity contribution in [2.75, 3.05) is 33.4 Å². The van der Waals surface area contributed by atoms with Gasteiger partial charge in [0.15, 0.2) is 0 Å². The maximum Gasteiger partial charge on any atom is 0.237 e. The number of nitrogens with zero attached hydrogens (tertiary/aromatic N) is 2. The van der Waals surface area contributed by atoms with Crippen molar-refractivity contribution in [2.45, 2.75) is 37.9 Å². The average molecular weight is 396 g/mol. The molecular weight excluding hydrogens is 366 g/mol. The first-order chi connectivity index (χ1) is 14.1. The molecular formula is C23H29N3O3. The Kier molecular flexibility index (Phi) is 6.11. The van der Waals surface area contributed by atoms with E-state index in [4.69, 9.17) is 4.74 Å². The zero-order chi connectivity index (χ0) is 20.2. The summed E-state index contributed by atoms with van der Waals surface area (Å²) in [5, 5.41) is 5.33. The molecule has 2 aromatic carbocycles. The first-order valence-corrected chi connectivity index (χ1v) is 10.4. The van der Waals surface area contributed by atoms with Gasteiger partial charge in [-0.1, -0.05) is 36.4 Å². The third kappa shape index (κ3) is 4.60. The van der Waals surface area contributed by atoms with Crippen LogP contribution in [0.25, 0.3) is 10.8 Å². The fourth-order valence-corrected chi connectivity index (χ4v) is 4.33. The van der Waals surface area contributed by atoms with Crippen LogP contribution in [0.3, 0.4) is 0 Å².